The van der Waals surface area contributed by atoms with Crippen LogP contribution < -0.4 is 10.9 Å². The van der Waals surface area contributed by atoms with Crippen LogP contribution in [-0.2, 0) is 11.3 Å². The third-order valence-corrected chi connectivity index (χ3v) is 6.36. The number of nitrogens with one attached hydrogen (secondary N) is 1. The summed E-state index contributed by atoms with van der Waals surface area (Å²) >= 11 is 7.31. The molecule has 7 heteroatoms. The molecule has 0 radical (unpaired) electrons. The number of amides is 1. The van der Waals surface area contributed by atoms with Crippen LogP contribution in [-0.4, -0.2) is 21.2 Å². The van der Waals surface area contributed by atoms with Gasteiger partial charge in [-0.1, -0.05) is 60.5 Å². The molecule has 4 rings (SSSR count). The van der Waals surface area contributed by atoms with Crippen molar-refractivity contribution in [3.63, 3.8) is 0 Å². The predicted octanol–water partition coefficient (Wildman–Crippen LogP) is 4.57. The molecule has 1 aliphatic carbocycles. The summed E-state index contributed by atoms with van der Waals surface area (Å²) in [7, 11) is 0. The highest BCUT2D eigenvalue weighted by Crippen LogP contribution is 2.32. The van der Waals surface area contributed by atoms with Gasteiger partial charge in [-0.2, -0.15) is 0 Å². The summed E-state index contributed by atoms with van der Waals surface area (Å²) in [4.78, 5) is 30.2. The van der Waals surface area contributed by atoms with Crippen molar-refractivity contribution in [2.75, 3.05) is 5.75 Å². The first-order valence-corrected chi connectivity index (χ1v) is 11.1. The van der Waals surface area contributed by atoms with Gasteiger partial charge in [0.15, 0.2) is 5.16 Å². The van der Waals surface area contributed by atoms with Crippen molar-refractivity contribution >= 4 is 40.2 Å². The van der Waals surface area contributed by atoms with Gasteiger partial charge in [-0.05, 0) is 42.7 Å². The number of fused-ring (bicyclic) bond motifs is 1. The second-order valence-corrected chi connectivity index (χ2v) is 8.60. The molecule has 1 fully saturated rings. The molecule has 0 aliphatic heterocycles. The van der Waals surface area contributed by atoms with Crippen molar-refractivity contribution in [1.82, 2.24) is 14.9 Å². The summed E-state index contributed by atoms with van der Waals surface area (Å²) in [6.07, 6.45) is 4.20. The summed E-state index contributed by atoms with van der Waals surface area (Å²) in [6.45, 7) is 0.417. The summed E-state index contributed by atoms with van der Waals surface area (Å²) < 4.78 is 1.81. The van der Waals surface area contributed by atoms with E-state index in [1.54, 1.807) is 6.07 Å². The minimum Gasteiger partial charge on any atom is -0.351 e. The third kappa shape index (κ3) is 4.65. The number of halogens is 1. The molecule has 1 heterocycles. The standard InChI is InChI=1S/C22H22ClN3O2S/c23-16-7-5-6-15(12-16)13-24-20(27)14-29-22-25-19-11-4-3-10-18(19)21(28)26(22)17-8-1-2-9-17/h3-7,10-12,17H,1-2,8-9,13-14H2,(H,24,27). The van der Waals surface area contributed by atoms with Gasteiger partial charge in [-0.25, -0.2) is 4.98 Å². The molecule has 150 valence electrons. The summed E-state index contributed by atoms with van der Waals surface area (Å²) in [5.74, 6) is 0.105. The van der Waals surface area contributed by atoms with Gasteiger partial charge in [0.1, 0.15) is 0 Å². The fourth-order valence-corrected chi connectivity index (χ4v) is 4.85. The monoisotopic (exact) mass is 427 g/mol. The van der Waals surface area contributed by atoms with Gasteiger partial charge in [0.2, 0.25) is 5.91 Å². The Morgan fingerprint density at radius 2 is 1.97 bits per heavy atom. The number of nitrogens with zero attached hydrogens (tertiary/aromatic N) is 2. The van der Waals surface area contributed by atoms with Crippen molar-refractivity contribution in [3.8, 4) is 0 Å². The SMILES string of the molecule is O=C(CSc1nc2ccccc2c(=O)n1C1CCCC1)NCc1cccc(Cl)c1. The van der Waals surface area contributed by atoms with Crippen molar-refractivity contribution in [2.45, 2.75) is 43.4 Å². The van der Waals surface area contributed by atoms with Gasteiger partial charge in [0.05, 0.1) is 16.7 Å². The number of thioether (sulfide) groups is 1. The fourth-order valence-electron chi connectivity index (χ4n) is 3.74. The van der Waals surface area contributed by atoms with Gasteiger partial charge >= 0.3 is 0 Å². The zero-order valence-electron chi connectivity index (χ0n) is 15.9. The Bertz CT molecular complexity index is 1090. The average Bonchev–Trinajstić information content (AvgIpc) is 3.25. The first-order chi connectivity index (χ1) is 14.1. The topological polar surface area (TPSA) is 64.0 Å². The molecule has 1 saturated carbocycles. The van der Waals surface area contributed by atoms with E-state index in [1.165, 1.54) is 11.8 Å². The van der Waals surface area contributed by atoms with E-state index in [4.69, 9.17) is 16.6 Å². The number of hydrogen-bond acceptors (Lipinski definition) is 4. The van der Waals surface area contributed by atoms with Crippen molar-refractivity contribution < 1.29 is 4.79 Å². The Kier molecular flexibility index (Phi) is 6.21. The van der Waals surface area contributed by atoms with Gasteiger partial charge in [-0.15, -0.1) is 0 Å². The van der Waals surface area contributed by atoms with Gasteiger partial charge in [0.25, 0.3) is 5.56 Å². The van der Waals surface area contributed by atoms with Crippen LogP contribution >= 0.6 is 23.4 Å². The molecule has 0 unspecified atom stereocenters. The normalized spacial score (nSPS) is 14.4. The highest BCUT2D eigenvalue weighted by molar-refractivity contribution is 7.99. The van der Waals surface area contributed by atoms with Crippen LogP contribution in [0.1, 0.15) is 37.3 Å². The molecule has 0 atom stereocenters. The number of benzene rings is 2. The van der Waals surface area contributed by atoms with Crippen LogP contribution in [0, 0.1) is 0 Å². The van der Waals surface area contributed by atoms with E-state index in [-0.39, 0.29) is 23.3 Å². The van der Waals surface area contributed by atoms with E-state index in [9.17, 15) is 9.59 Å². The number of carbonyl (C=O) groups is 1. The van der Waals surface area contributed by atoms with E-state index in [2.05, 4.69) is 5.32 Å². The minimum absolute atomic E-state index is 0.00987. The molecule has 1 aliphatic rings. The average molecular weight is 428 g/mol. The maximum absolute atomic E-state index is 13.1. The molecule has 1 aromatic heterocycles. The second kappa shape index (κ2) is 9.01. The van der Waals surface area contributed by atoms with Crippen molar-refractivity contribution in [3.05, 3.63) is 69.5 Å². The Morgan fingerprint density at radius 1 is 1.17 bits per heavy atom. The van der Waals surface area contributed by atoms with Crippen LogP contribution in [0.5, 0.6) is 0 Å². The van der Waals surface area contributed by atoms with E-state index in [0.717, 1.165) is 31.2 Å². The van der Waals surface area contributed by atoms with E-state index in [0.29, 0.717) is 27.6 Å². The number of para-hydroxylation sites is 1. The summed E-state index contributed by atoms with van der Waals surface area (Å²) in [6, 6.07) is 15.0. The van der Waals surface area contributed by atoms with Gasteiger partial charge in [0, 0.05) is 17.6 Å². The molecule has 2 aromatic carbocycles. The van der Waals surface area contributed by atoms with Crippen LogP contribution in [0.2, 0.25) is 5.02 Å². The molecule has 0 saturated heterocycles. The van der Waals surface area contributed by atoms with E-state index < -0.39 is 0 Å². The van der Waals surface area contributed by atoms with Gasteiger partial charge < -0.3 is 5.32 Å². The summed E-state index contributed by atoms with van der Waals surface area (Å²) in [5.41, 5.74) is 1.61. The number of hydrogen-bond donors (Lipinski definition) is 1. The molecule has 1 amide bonds. The van der Waals surface area contributed by atoms with E-state index in [1.807, 2.05) is 47.0 Å². The predicted molar refractivity (Wildman–Crippen MR) is 118 cm³/mol. The minimum atomic E-state index is -0.102. The molecule has 3 aromatic rings. The first kappa shape index (κ1) is 20.0. The first-order valence-electron chi connectivity index (χ1n) is 9.77. The molecule has 1 N–H and O–H groups in total. The van der Waals surface area contributed by atoms with Crippen molar-refractivity contribution in [2.24, 2.45) is 0 Å². The number of rotatable bonds is 6. The molecule has 0 spiro atoms. The quantitative estimate of drug-likeness (QED) is 0.462. The lowest BCUT2D eigenvalue weighted by Crippen LogP contribution is -2.28. The fraction of sp³-hybridized carbons (Fsp3) is 0.318. The molecular weight excluding hydrogens is 406 g/mol. The number of carbonyl (C=O) groups excluding carboxylic acids is 1. The Labute approximate surface area is 178 Å². The lowest BCUT2D eigenvalue weighted by atomic mass is 10.2. The zero-order chi connectivity index (χ0) is 20.2. The summed E-state index contributed by atoms with van der Waals surface area (Å²) in [5, 5.41) is 4.81. The maximum atomic E-state index is 13.1. The van der Waals surface area contributed by atoms with Crippen LogP contribution in [0.3, 0.4) is 0 Å². The largest absolute Gasteiger partial charge is 0.351 e. The van der Waals surface area contributed by atoms with Crippen LogP contribution in [0.15, 0.2) is 58.5 Å². The Balaban J connectivity index is 1.51. The molecular formula is C22H22ClN3O2S. The highest BCUT2D eigenvalue weighted by atomic mass is 35.5. The third-order valence-electron chi connectivity index (χ3n) is 5.18. The smallest absolute Gasteiger partial charge is 0.262 e. The Hall–Kier alpha value is -2.31. The van der Waals surface area contributed by atoms with Gasteiger partial charge in [-0.3, -0.25) is 14.2 Å². The number of aromatic nitrogens is 2. The lowest BCUT2D eigenvalue weighted by Gasteiger charge is -2.18. The van der Waals surface area contributed by atoms with Crippen molar-refractivity contribution in [1.29, 1.82) is 0 Å². The zero-order valence-corrected chi connectivity index (χ0v) is 17.5. The van der Waals surface area contributed by atoms with E-state index >= 15 is 0 Å². The highest BCUT2D eigenvalue weighted by Gasteiger charge is 2.23. The Morgan fingerprint density at radius 3 is 2.76 bits per heavy atom. The second-order valence-electron chi connectivity index (χ2n) is 7.22. The van der Waals surface area contributed by atoms with Crippen LogP contribution in [0.4, 0.5) is 0 Å². The molecule has 29 heavy (non-hydrogen) atoms. The molecule has 0 bridgehead atoms. The maximum Gasteiger partial charge on any atom is 0.262 e. The molecule has 5 nitrogen and oxygen atoms in total. The van der Waals surface area contributed by atoms with Crippen LogP contribution in [0.25, 0.3) is 10.9 Å². The lowest BCUT2D eigenvalue weighted by molar-refractivity contribution is -0.118.